The van der Waals surface area contributed by atoms with Crippen LogP contribution in [0.2, 0.25) is 0 Å². The molecule has 0 aliphatic heterocycles. The van der Waals surface area contributed by atoms with Gasteiger partial charge in [0.25, 0.3) is 0 Å². The van der Waals surface area contributed by atoms with Gasteiger partial charge in [0.15, 0.2) is 23.0 Å². The number of hydrogen-bond donors (Lipinski definition) is 2. The fourth-order valence-electron chi connectivity index (χ4n) is 11.7. The number of nitrogens with zero attached hydrogens (tertiary/aromatic N) is 7. The number of benzene rings is 10. The van der Waals surface area contributed by atoms with Crippen molar-refractivity contribution in [1.82, 2.24) is 30.2 Å². The van der Waals surface area contributed by atoms with Gasteiger partial charge < -0.3 is 72.1 Å². The summed E-state index contributed by atoms with van der Waals surface area (Å²) in [5.41, 5.74) is 22.8. The number of fused-ring (bicyclic) bond motifs is 6. The van der Waals surface area contributed by atoms with Crippen LogP contribution in [0, 0.1) is 18.8 Å². The molecule has 0 aliphatic rings. The Labute approximate surface area is 636 Å². The average Bonchev–Trinajstić information content (AvgIpc) is 1.61. The fraction of sp³-hybridized carbons (Fsp3) is 0.139. The molecule has 0 fully saturated rings. The van der Waals surface area contributed by atoms with Crippen molar-refractivity contribution in [3.8, 4) is 57.4 Å². The molecule has 4 heterocycles. The summed E-state index contributed by atoms with van der Waals surface area (Å²) >= 11 is 0. The molecule has 0 spiro atoms. The van der Waals surface area contributed by atoms with Gasteiger partial charge in [0.05, 0.1) is 49.2 Å². The van der Waals surface area contributed by atoms with Gasteiger partial charge in [-0.3, -0.25) is 5.22 Å². The summed E-state index contributed by atoms with van der Waals surface area (Å²) in [4.78, 5) is 41.2. The van der Waals surface area contributed by atoms with Crippen molar-refractivity contribution >= 4 is 55.6 Å². The number of aromatic carboxylic acids is 1. The van der Waals surface area contributed by atoms with Crippen LogP contribution in [0.3, 0.4) is 0 Å². The van der Waals surface area contributed by atoms with Crippen molar-refractivity contribution < 1.29 is 116 Å². The molecule has 4 aromatic heterocycles. The molecular weight excluding hydrogens is 1330 g/mol. The van der Waals surface area contributed by atoms with E-state index in [2.05, 4.69) is 72.1 Å². The van der Waals surface area contributed by atoms with Crippen LogP contribution < -0.4 is 104 Å². The number of esters is 1. The molecule has 0 saturated heterocycles. The van der Waals surface area contributed by atoms with E-state index in [0.717, 1.165) is 106 Å². The predicted molar refractivity (Wildman–Crippen MR) is 380 cm³/mol. The first-order valence-electron chi connectivity index (χ1n) is 31.9. The third-order valence-corrected chi connectivity index (χ3v) is 16.7. The van der Waals surface area contributed by atoms with Gasteiger partial charge in [-0.1, -0.05) is 133 Å². The second kappa shape index (κ2) is 35.4. The second-order valence-electron chi connectivity index (χ2n) is 23.0. The average molecular weight is 1400 g/mol. The van der Waals surface area contributed by atoms with Crippen LogP contribution >= 0.6 is 0 Å². The number of nitrogens with one attached hydrogen (secondary N) is 2. The number of hydrazine groups is 1. The SMILES string of the molecule is COC(=O)c1ccc(COc2cccc3c2c2ccccc2n3Cc2ccc(OCc3nc(-c4ccccc4)oc3C)c(OC)c2)cc1.COc1cc(Cn2c3ccccc3c3c(OCc4ccc(C(=O)[O-])cc4)cccc32)ccc1OCc1nc(-c2ccccc2)oc1C.[N-]=NNNN=O.[Na+].[Na+]. The normalized spacial score (nSPS) is 10.7. The third kappa shape index (κ3) is 17.6. The van der Waals surface area contributed by atoms with Gasteiger partial charge in [0.2, 0.25) is 11.8 Å². The van der Waals surface area contributed by atoms with E-state index in [-0.39, 0.29) is 83.9 Å². The van der Waals surface area contributed by atoms with Crippen molar-refractivity contribution in [2.45, 2.75) is 53.4 Å². The van der Waals surface area contributed by atoms with Crippen LogP contribution in [0.1, 0.15) is 65.9 Å². The largest absolute Gasteiger partial charge is 1.00 e. The number of methoxy groups -OCH3 is 3. The summed E-state index contributed by atoms with van der Waals surface area (Å²) in [6, 6.07) is 74.2. The molecule has 0 amide bonds. The van der Waals surface area contributed by atoms with E-state index >= 15 is 0 Å². The number of rotatable bonds is 25. The van der Waals surface area contributed by atoms with E-state index in [4.69, 9.17) is 52.4 Å². The Morgan fingerprint density at radius 2 is 0.854 bits per heavy atom. The third-order valence-electron chi connectivity index (χ3n) is 16.7. The Morgan fingerprint density at radius 3 is 1.25 bits per heavy atom. The van der Waals surface area contributed by atoms with Crippen LogP contribution in [0.25, 0.3) is 72.1 Å². The smallest absolute Gasteiger partial charge is 0.545 e. The molecule has 0 unspecified atom stereocenters. The maximum atomic E-state index is 11.8. The Bertz CT molecular complexity index is 5230. The predicted octanol–water partition coefficient (Wildman–Crippen LogP) is 9.80. The van der Waals surface area contributed by atoms with Crippen LogP contribution in [0.15, 0.2) is 250 Å². The van der Waals surface area contributed by atoms with Crippen molar-refractivity contribution in [2.24, 2.45) is 10.5 Å². The zero-order valence-corrected chi connectivity index (χ0v) is 61.6. The first-order chi connectivity index (χ1) is 49.4. The van der Waals surface area contributed by atoms with E-state index in [1.807, 2.05) is 166 Å². The molecular formula is C79H67N9Na2O13. The first kappa shape index (κ1) is 74.5. The molecule has 103 heavy (non-hydrogen) atoms. The molecule has 14 rings (SSSR count). The number of carboxylic acid groups (broad SMARTS) is 1. The minimum atomic E-state index is -1.20. The summed E-state index contributed by atoms with van der Waals surface area (Å²) in [6.07, 6.45) is 0. The number of carbonyl (C=O) groups is 2. The molecule has 14 aromatic rings. The van der Waals surface area contributed by atoms with Crippen molar-refractivity contribution in [3.05, 3.63) is 297 Å². The number of carboxylic acids is 1. The molecule has 0 bridgehead atoms. The molecule has 0 aliphatic carbocycles. The van der Waals surface area contributed by atoms with E-state index in [1.165, 1.54) is 19.2 Å². The fourth-order valence-corrected chi connectivity index (χ4v) is 11.7. The van der Waals surface area contributed by atoms with Gasteiger partial charge in [-0.05, 0) is 139 Å². The summed E-state index contributed by atoms with van der Waals surface area (Å²) in [6.45, 7) is 6.14. The van der Waals surface area contributed by atoms with Crippen molar-refractivity contribution in [2.75, 3.05) is 21.3 Å². The summed E-state index contributed by atoms with van der Waals surface area (Å²) < 4.78 is 57.7. The number of oxazole rings is 2. The van der Waals surface area contributed by atoms with E-state index in [9.17, 15) is 14.7 Å². The van der Waals surface area contributed by atoms with Gasteiger partial charge in [-0.2, -0.15) is 0 Å². The Morgan fingerprint density at radius 1 is 0.456 bits per heavy atom. The molecule has 0 saturated carbocycles. The van der Waals surface area contributed by atoms with E-state index < -0.39 is 5.97 Å². The van der Waals surface area contributed by atoms with Gasteiger partial charge >= 0.3 is 65.1 Å². The number of ether oxygens (including phenoxy) is 7. The minimum absolute atomic E-state index is 0. The Hall–Kier alpha value is -11.2. The number of hydrogen-bond acceptors (Lipinski definition) is 17. The molecule has 0 radical (unpaired) electrons. The van der Waals surface area contributed by atoms with Gasteiger partial charge in [0, 0.05) is 56.8 Å². The number of aryl methyl sites for hydroxylation is 2. The minimum Gasteiger partial charge on any atom is -0.545 e. The molecule has 22 nitrogen and oxygen atoms in total. The number of aromatic nitrogens is 4. The molecule has 2 N–H and O–H groups in total. The standard InChI is InChI=1S/C40H34N2O6.C39H32N2O6.H2N5O.2Na/c1-26-32(41-39(48-26)29-10-5-4-6-11-29)25-47-35-21-18-28(22-37(35)44-2)23-42-33-13-8-7-12-31(33)38-34(42)14-9-15-36(38)46-24-27-16-19-30(20-17-27)40(43)45-3;1-25-31(40-38(47-25)28-9-4-3-5-10-28)24-46-34-20-17-27(21-36(34)44-2)22-41-32-12-7-6-11-30(32)37-33(41)13-8-14-35(37)45-23-26-15-18-29(19-16-26)39(42)43;1-2-3-4-5-6;;/h4-22H,23-25H2,1-3H3;3-21H,22-24H2,1-2H3,(H,42,43);(H2-,1,2,3,4,5,6);;/q;;-1;2*+1/p-1. The van der Waals surface area contributed by atoms with Gasteiger partial charge in [0.1, 0.15) is 60.8 Å². The monoisotopic (exact) mass is 1400 g/mol. The maximum absolute atomic E-state index is 11.8. The van der Waals surface area contributed by atoms with E-state index in [0.29, 0.717) is 72.4 Å². The summed E-state index contributed by atoms with van der Waals surface area (Å²) in [5.74, 6) is 5.06. The number of para-hydroxylation sites is 2. The summed E-state index contributed by atoms with van der Waals surface area (Å²) in [5, 5.41) is 19.7. The number of carbonyl (C=O) groups excluding carboxylic acids is 2. The molecule has 24 heteroatoms. The van der Waals surface area contributed by atoms with Crippen molar-refractivity contribution in [1.29, 1.82) is 0 Å². The maximum Gasteiger partial charge on any atom is 1.00 e. The second-order valence-corrected chi connectivity index (χ2v) is 23.0. The summed E-state index contributed by atoms with van der Waals surface area (Å²) in [7, 11) is 4.66. The topological polar surface area (TPSA) is 272 Å². The zero-order valence-electron chi connectivity index (χ0n) is 57.6. The van der Waals surface area contributed by atoms with Crippen LogP contribution in [0.4, 0.5) is 0 Å². The molecule has 508 valence electrons. The Kier molecular flexibility index (Phi) is 25.6. The number of nitroso groups, excluding NO2 is 1. The zero-order chi connectivity index (χ0) is 70.2. The van der Waals surface area contributed by atoms with Crippen LogP contribution in [0.5, 0.6) is 34.5 Å². The van der Waals surface area contributed by atoms with E-state index in [1.54, 1.807) is 49.6 Å². The van der Waals surface area contributed by atoms with Gasteiger partial charge in [-0.15, -0.1) is 4.91 Å². The quantitative estimate of drug-likeness (QED) is 0.0134. The van der Waals surface area contributed by atoms with Crippen molar-refractivity contribution in [3.63, 3.8) is 0 Å². The van der Waals surface area contributed by atoms with Crippen LogP contribution in [-0.2, 0) is 44.3 Å². The first-order valence-corrected chi connectivity index (χ1v) is 31.9. The molecule has 10 aromatic carbocycles. The van der Waals surface area contributed by atoms with Gasteiger partial charge in [-0.25, -0.2) is 20.3 Å². The van der Waals surface area contributed by atoms with Crippen LogP contribution in [-0.4, -0.2) is 52.4 Å². The molecule has 0 atom stereocenters. The Balaban J connectivity index is 0.000000202.